The summed E-state index contributed by atoms with van der Waals surface area (Å²) in [5.41, 5.74) is 1.91. The first-order valence-electron chi connectivity index (χ1n) is 10.1. The molecule has 0 aliphatic heterocycles. The maximum Gasteiger partial charge on any atom is 0.234 e. The summed E-state index contributed by atoms with van der Waals surface area (Å²) >= 11 is 1.32. The second-order valence-corrected chi connectivity index (χ2v) is 8.36. The van der Waals surface area contributed by atoms with E-state index in [1.165, 1.54) is 17.3 Å². The highest BCUT2D eigenvalue weighted by atomic mass is 32.2. The van der Waals surface area contributed by atoms with Crippen LogP contribution in [-0.4, -0.2) is 33.5 Å². The van der Waals surface area contributed by atoms with Gasteiger partial charge in [0.25, 0.3) is 0 Å². The minimum atomic E-state index is -0.279. The summed E-state index contributed by atoms with van der Waals surface area (Å²) in [6.45, 7) is 6.25. The number of para-hydroxylation sites is 2. The Labute approximate surface area is 187 Å². The number of thioether (sulfide) groups is 1. The van der Waals surface area contributed by atoms with Gasteiger partial charge >= 0.3 is 0 Å². The SMILES string of the molecule is COc1ccccc1NC(=O)CSc1nnc(C(C)Oc2ccc(C(C)C)cc2)n1C. The fourth-order valence-corrected chi connectivity index (χ4v) is 3.78. The molecule has 164 valence electrons. The number of hydrogen-bond acceptors (Lipinski definition) is 6. The van der Waals surface area contributed by atoms with Crippen LogP contribution in [0.3, 0.4) is 0 Å². The van der Waals surface area contributed by atoms with Crippen molar-refractivity contribution in [1.29, 1.82) is 0 Å². The summed E-state index contributed by atoms with van der Waals surface area (Å²) in [6, 6.07) is 15.4. The molecule has 0 bridgehead atoms. The molecular formula is C23H28N4O3S. The van der Waals surface area contributed by atoms with Crippen LogP contribution in [0.15, 0.2) is 53.7 Å². The van der Waals surface area contributed by atoms with Crippen molar-refractivity contribution in [2.75, 3.05) is 18.2 Å². The predicted molar refractivity (Wildman–Crippen MR) is 123 cm³/mol. The highest BCUT2D eigenvalue weighted by Gasteiger charge is 2.18. The minimum absolute atomic E-state index is 0.145. The molecule has 31 heavy (non-hydrogen) atoms. The maximum absolute atomic E-state index is 12.4. The molecule has 8 heteroatoms. The van der Waals surface area contributed by atoms with Crippen LogP contribution in [0.25, 0.3) is 0 Å². The number of anilines is 1. The van der Waals surface area contributed by atoms with E-state index >= 15 is 0 Å². The van der Waals surface area contributed by atoms with Gasteiger partial charge in [-0.3, -0.25) is 4.79 Å². The van der Waals surface area contributed by atoms with Gasteiger partial charge in [-0.25, -0.2) is 0 Å². The number of methoxy groups -OCH3 is 1. The highest BCUT2D eigenvalue weighted by Crippen LogP contribution is 2.26. The third-order valence-electron chi connectivity index (χ3n) is 4.81. The first-order valence-corrected chi connectivity index (χ1v) is 11.1. The van der Waals surface area contributed by atoms with Gasteiger partial charge in [0.1, 0.15) is 11.5 Å². The molecule has 1 heterocycles. The standard InChI is InChI=1S/C23H28N4O3S/c1-15(2)17-10-12-18(13-11-17)30-16(3)22-25-26-23(27(22)4)31-14-21(28)24-19-8-6-7-9-20(19)29-5/h6-13,15-16H,14H2,1-5H3,(H,24,28). The molecule has 0 aliphatic rings. The lowest BCUT2D eigenvalue weighted by Gasteiger charge is -2.15. The van der Waals surface area contributed by atoms with E-state index in [4.69, 9.17) is 9.47 Å². The third-order valence-corrected chi connectivity index (χ3v) is 5.83. The molecule has 2 aromatic carbocycles. The molecule has 1 atom stereocenters. The molecule has 1 unspecified atom stereocenters. The number of amides is 1. The summed E-state index contributed by atoms with van der Waals surface area (Å²) in [5.74, 6) is 2.63. The Balaban J connectivity index is 1.58. The van der Waals surface area contributed by atoms with Crippen molar-refractivity contribution >= 4 is 23.4 Å². The zero-order valence-corrected chi connectivity index (χ0v) is 19.3. The van der Waals surface area contributed by atoms with Gasteiger partial charge in [-0.05, 0) is 42.7 Å². The van der Waals surface area contributed by atoms with Crippen molar-refractivity contribution < 1.29 is 14.3 Å². The van der Waals surface area contributed by atoms with Crippen LogP contribution < -0.4 is 14.8 Å². The fraction of sp³-hybridized carbons (Fsp3) is 0.348. The van der Waals surface area contributed by atoms with E-state index in [9.17, 15) is 4.79 Å². The van der Waals surface area contributed by atoms with Gasteiger partial charge in [0.15, 0.2) is 17.1 Å². The van der Waals surface area contributed by atoms with E-state index in [-0.39, 0.29) is 17.8 Å². The summed E-state index contributed by atoms with van der Waals surface area (Å²) < 4.78 is 13.2. The fourth-order valence-electron chi connectivity index (χ4n) is 3.06. The van der Waals surface area contributed by atoms with Crippen LogP contribution in [0.5, 0.6) is 11.5 Å². The molecule has 3 aromatic rings. The number of rotatable bonds is 9. The van der Waals surface area contributed by atoms with Crippen LogP contribution in [0.2, 0.25) is 0 Å². The summed E-state index contributed by atoms with van der Waals surface area (Å²) in [4.78, 5) is 12.4. The van der Waals surface area contributed by atoms with Crippen molar-refractivity contribution in [2.24, 2.45) is 7.05 Å². The van der Waals surface area contributed by atoms with Gasteiger partial charge in [0, 0.05) is 7.05 Å². The van der Waals surface area contributed by atoms with E-state index in [0.717, 1.165) is 5.75 Å². The van der Waals surface area contributed by atoms with Crippen LogP contribution in [0.4, 0.5) is 5.69 Å². The van der Waals surface area contributed by atoms with E-state index in [0.29, 0.717) is 28.3 Å². The van der Waals surface area contributed by atoms with Crippen LogP contribution in [-0.2, 0) is 11.8 Å². The molecular weight excluding hydrogens is 412 g/mol. The number of carbonyl (C=O) groups is 1. The highest BCUT2D eigenvalue weighted by molar-refractivity contribution is 7.99. The second-order valence-electron chi connectivity index (χ2n) is 7.42. The molecule has 3 rings (SSSR count). The van der Waals surface area contributed by atoms with Crippen molar-refractivity contribution in [1.82, 2.24) is 14.8 Å². The van der Waals surface area contributed by atoms with Crippen molar-refractivity contribution in [3.05, 3.63) is 59.9 Å². The smallest absolute Gasteiger partial charge is 0.234 e. The Hall–Kier alpha value is -3.00. The molecule has 0 radical (unpaired) electrons. The molecule has 0 saturated carbocycles. The Bertz CT molecular complexity index is 1020. The number of nitrogens with zero attached hydrogens (tertiary/aromatic N) is 3. The lowest BCUT2D eigenvalue weighted by atomic mass is 10.0. The number of ether oxygens (including phenoxy) is 2. The molecule has 0 fully saturated rings. The second kappa shape index (κ2) is 10.3. The van der Waals surface area contributed by atoms with Gasteiger partial charge < -0.3 is 19.4 Å². The Kier molecular flexibility index (Phi) is 7.57. The molecule has 0 saturated heterocycles. The number of carbonyl (C=O) groups excluding carboxylic acids is 1. The average Bonchev–Trinajstić information content (AvgIpc) is 3.13. The molecule has 0 aliphatic carbocycles. The number of hydrogen-bond donors (Lipinski definition) is 1. The lowest BCUT2D eigenvalue weighted by molar-refractivity contribution is -0.113. The van der Waals surface area contributed by atoms with Gasteiger partial charge in [-0.1, -0.05) is 49.9 Å². The van der Waals surface area contributed by atoms with Crippen LogP contribution >= 0.6 is 11.8 Å². The summed E-state index contributed by atoms with van der Waals surface area (Å²) in [7, 11) is 3.44. The molecule has 1 N–H and O–H groups in total. The minimum Gasteiger partial charge on any atom is -0.495 e. The topological polar surface area (TPSA) is 78.3 Å². The molecule has 1 amide bonds. The van der Waals surface area contributed by atoms with E-state index < -0.39 is 0 Å². The van der Waals surface area contributed by atoms with Gasteiger partial charge in [-0.15, -0.1) is 10.2 Å². The number of benzene rings is 2. The molecule has 7 nitrogen and oxygen atoms in total. The van der Waals surface area contributed by atoms with E-state index in [1.807, 2.05) is 42.8 Å². The number of nitrogens with one attached hydrogen (secondary N) is 1. The molecule has 1 aromatic heterocycles. The summed E-state index contributed by atoms with van der Waals surface area (Å²) in [6.07, 6.45) is -0.279. The normalized spacial score (nSPS) is 11.9. The molecule has 0 spiro atoms. The van der Waals surface area contributed by atoms with E-state index in [1.54, 1.807) is 19.2 Å². The Morgan fingerprint density at radius 1 is 1.10 bits per heavy atom. The monoisotopic (exact) mass is 440 g/mol. The average molecular weight is 441 g/mol. The van der Waals surface area contributed by atoms with Crippen molar-refractivity contribution in [3.8, 4) is 11.5 Å². The number of aromatic nitrogens is 3. The lowest BCUT2D eigenvalue weighted by Crippen LogP contribution is -2.15. The zero-order chi connectivity index (χ0) is 22.4. The van der Waals surface area contributed by atoms with Crippen LogP contribution in [0, 0.1) is 0 Å². The largest absolute Gasteiger partial charge is 0.495 e. The van der Waals surface area contributed by atoms with Crippen molar-refractivity contribution in [2.45, 2.75) is 37.9 Å². The van der Waals surface area contributed by atoms with Crippen LogP contribution in [0.1, 0.15) is 44.2 Å². The van der Waals surface area contributed by atoms with Gasteiger partial charge in [0.05, 0.1) is 18.6 Å². The first kappa shape index (κ1) is 22.7. The quantitative estimate of drug-likeness (QED) is 0.481. The zero-order valence-electron chi connectivity index (χ0n) is 18.5. The maximum atomic E-state index is 12.4. The third kappa shape index (κ3) is 5.79. The van der Waals surface area contributed by atoms with Gasteiger partial charge in [-0.2, -0.15) is 0 Å². The summed E-state index contributed by atoms with van der Waals surface area (Å²) in [5, 5.41) is 12.0. The first-order chi connectivity index (χ1) is 14.9. The van der Waals surface area contributed by atoms with Gasteiger partial charge in [0.2, 0.25) is 5.91 Å². The predicted octanol–water partition coefficient (Wildman–Crippen LogP) is 4.82. The van der Waals surface area contributed by atoms with E-state index in [2.05, 4.69) is 41.5 Å². The van der Waals surface area contributed by atoms with Crippen molar-refractivity contribution in [3.63, 3.8) is 0 Å². The Morgan fingerprint density at radius 3 is 2.48 bits per heavy atom. The Morgan fingerprint density at radius 2 is 1.81 bits per heavy atom.